The lowest BCUT2D eigenvalue weighted by Crippen LogP contribution is -2.00. The summed E-state index contributed by atoms with van der Waals surface area (Å²) in [4.78, 5) is 7.80. The molecule has 1 N–H and O–H groups in total. The third-order valence-corrected chi connectivity index (χ3v) is 4.30. The highest BCUT2D eigenvalue weighted by molar-refractivity contribution is 6.31. The van der Waals surface area contributed by atoms with Gasteiger partial charge in [-0.25, -0.2) is 4.98 Å². The van der Waals surface area contributed by atoms with Crippen molar-refractivity contribution in [3.8, 4) is 5.75 Å². The second-order valence-corrected chi connectivity index (χ2v) is 6.34. The van der Waals surface area contributed by atoms with Crippen molar-refractivity contribution in [2.45, 2.75) is 13.0 Å². The molecule has 4 aromatic rings. The van der Waals surface area contributed by atoms with Crippen LogP contribution in [-0.4, -0.2) is 9.97 Å². The van der Waals surface area contributed by atoms with Crippen LogP contribution < -0.4 is 4.74 Å². The summed E-state index contributed by atoms with van der Waals surface area (Å²) in [7, 11) is 0. The third-order valence-electron chi connectivity index (χ3n) is 4.07. The molecular formula is C21H17ClN2O. The highest BCUT2D eigenvalue weighted by Crippen LogP contribution is 2.23. The van der Waals surface area contributed by atoms with Crippen LogP contribution in [-0.2, 0) is 13.0 Å². The minimum absolute atomic E-state index is 0.387. The van der Waals surface area contributed by atoms with Crippen LogP contribution in [0.3, 0.4) is 0 Å². The predicted molar refractivity (Wildman–Crippen MR) is 101 cm³/mol. The van der Waals surface area contributed by atoms with E-state index in [0.717, 1.165) is 34.6 Å². The minimum Gasteiger partial charge on any atom is -0.485 e. The molecule has 0 spiro atoms. The Labute approximate surface area is 151 Å². The molecule has 1 heterocycles. The molecule has 0 aliphatic rings. The Morgan fingerprint density at radius 3 is 2.60 bits per heavy atom. The Kier molecular flexibility index (Phi) is 4.40. The zero-order valence-electron chi connectivity index (χ0n) is 13.6. The van der Waals surface area contributed by atoms with Gasteiger partial charge in [0.15, 0.2) is 0 Å². The topological polar surface area (TPSA) is 37.9 Å². The molecule has 1 aromatic heterocycles. The van der Waals surface area contributed by atoms with E-state index in [4.69, 9.17) is 16.3 Å². The van der Waals surface area contributed by atoms with E-state index in [1.807, 2.05) is 42.5 Å². The molecule has 0 radical (unpaired) electrons. The standard InChI is InChI=1S/C21H17ClN2O/c22-17-10-11-18-19(13-17)24-21(23-18)14-25-20-9-5-4-8-16(20)12-15-6-2-1-3-7-15/h1-11,13H,12,14H2,(H,23,24). The number of halogens is 1. The first-order chi connectivity index (χ1) is 12.3. The number of para-hydroxylation sites is 1. The number of fused-ring (bicyclic) bond motifs is 1. The van der Waals surface area contributed by atoms with Crippen molar-refractivity contribution in [3.63, 3.8) is 0 Å². The third kappa shape index (κ3) is 3.67. The van der Waals surface area contributed by atoms with Crippen molar-refractivity contribution in [3.05, 3.63) is 94.8 Å². The normalized spacial score (nSPS) is 10.9. The lowest BCUT2D eigenvalue weighted by atomic mass is 10.0. The fourth-order valence-electron chi connectivity index (χ4n) is 2.86. The minimum atomic E-state index is 0.387. The van der Waals surface area contributed by atoms with Crippen LogP contribution in [0.2, 0.25) is 5.02 Å². The summed E-state index contributed by atoms with van der Waals surface area (Å²) in [5, 5.41) is 0.692. The number of nitrogens with one attached hydrogen (secondary N) is 1. The van der Waals surface area contributed by atoms with E-state index >= 15 is 0 Å². The van der Waals surface area contributed by atoms with Crippen LogP contribution in [0.5, 0.6) is 5.75 Å². The number of hydrogen-bond donors (Lipinski definition) is 1. The van der Waals surface area contributed by atoms with Gasteiger partial charge in [-0.2, -0.15) is 0 Å². The van der Waals surface area contributed by atoms with E-state index in [2.05, 4.69) is 40.3 Å². The molecule has 0 fully saturated rings. The van der Waals surface area contributed by atoms with E-state index in [9.17, 15) is 0 Å². The van der Waals surface area contributed by atoms with Gasteiger partial charge in [-0.1, -0.05) is 60.1 Å². The van der Waals surface area contributed by atoms with Gasteiger partial charge in [-0.15, -0.1) is 0 Å². The Morgan fingerprint density at radius 2 is 1.72 bits per heavy atom. The Hall–Kier alpha value is -2.78. The lowest BCUT2D eigenvalue weighted by molar-refractivity contribution is 0.295. The number of aromatic nitrogens is 2. The molecule has 0 saturated carbocycles. The zero-order valence-corrected chi connectivity index (χ0v) is 14.3. The summed E-state index contributed by atoms with van der Waals surface area (Å²) in [6.45, 7) is 0.387. The first-order valence-electron chi connectivity index (χ1n) is 8.17. The number of H-pyrrole nitrogens is 1. The van der Waals surface area contributed by atoms with Gasteiger partial charge < -0.3 is 9.72 Å². The molecule has 3 nitrogen and oxygen atoms in total. The number of hydrogen-bond acceptors (Lipinski definition) is 2. The lowest BCUT2D eigenvalue weighted by Gasteiger charge is -2.10. The molecule has 4 rings (SSSR count). The number of aromatic amines is 1. The number of imidazole rings is 1. The second-order valence-electron chi connectivity index (χ2n) is 5.90. The summed E-state index contributed by atoms with van der Waals surface area (Å²) >= 11 is 6.02. The van der Waals surface area contributed by atoms with Gasteiger partial charge >= 0.3 is 0 Å². The van der Waals surface area contributed by atoms with Gasteiger partial charge in [-0.3, -0.25) is 0 Å². The van der Waals surface area contributed by atoms with Crippen LogP contribution in [0.25, 0.3) is 11.0 Å². The van der Waals surface area contributed by atoms with Crippen LogP contribution in [0, 0.1) is 0 Å². The molecule has 4 heteroatoms. The molecule has 124 valence electrons. The molecular weight excluding hydrogens is 332 g/mol. The fourth-order valence-corrected chi connectivity index (χ4v) is 3.03. The van der Waals surface area contributed by atoms with Gasteiger partial charge in [0.1, 0.15) is 18.2 Å². The van der Waals surface area contributed by atoms with E-state index < -0.39 is 0 Å². The van der Waals surface area contributed by atoms with Crippen molar-refractivity contribution in [2.24, 2.45) is 0 Å². The quantitative estimate of drug-likeness (QED) is 0.525. The predicted octanol–water partition coefficient (Wildman–Crippen LogP) is 5.39. The monoisotopic (exact) mass is 348 g/mol. The highest BCUT2D eigenvalue weighted by Gasteiger charge is 2.07. The molecule has 0 unspecified atom stereocenters. The van der Waals surface area contributed by atoms with E-state index in [-0.39, 0.29) is 0 Å². The Morgan fingerprint density at radius 1 is 0.920 bits per heavy atom. The van der Waals surface area contributed by atoms with Gasteiger partial charge in [-0.05, 0) is 35.4 Å². The SMILES string of the molecule is Clc1ccc2nc(COc3ccccc3Cc3ccccc3)[nH]c2c1. The van der Waals surface area contributed by atoms with Gasteiger partial charge in [0.2, 0.25) is 0 Å². The molecule has 0 amide bonds. The smallest absolute Gasteiger partial charge is 0.146 e. The number of benzene rings is 3. The molecule has 0 saturated heterocycles. The van der Waals surface area contributed by atoms with Gasteiger partial charge in [0.05, 0.1) is 11.0 Å². The van der Waals surface area contributed by atoms with Gasteiger partial charge in [0.25, 0.3) is 0 Å². The van der Waals surface area contributed by atoms with E-state index in [1.165, 1.54) is 5.56 Å². The van der Waals surface area contributed by atoms with E-state index in [0.29, 0.717) is 11.6 Å². The average molecular weight is 349 g/mol. The van der Waals surface area contributed by atoms with Crippen molar-refractivity contribution in [1.29, 1.82) is 0 Å². The number of ether oxygens (including phenoxy) is 1. The summed E-state index contributed by atoms with van der Waals surface area (Å²) < 4.78 is 6.03. The van der Waals surface area contributed by atoms with Crippen LogP contribution in [0.1, 0.15) is 17.0 Å². The Balaban J connectivity index is 1.52. The maximum atomic E-state index is 6.03. The molecule has 0 bridgehead atoms. The summed E-state index contributed by atoms with van der Waals surface area (Å²) in [6.07, 6.45) is 0.840. The number of nitrogens with zero attached hydrogens (tertiary/aromatic N) is 1. The van der Waals surface area contributed by atoms with Crippen LogP contribution >= 0.6 is 11.6 Å². The molecule has 25 heavy (non-hydrogen) atoms. The summed E-state index contributed by atoms with van der Waals surface area (Å²) in [5.74, 6) is 1.66. The summed E-state index contributed by atoms with van der Waals surface area (Å²) in [5.41, 5.74) is 4.23. The van der Waals surface area contributed by atoms with E-state index in [1.54, 1.807) is 0 Å². The largest absolute Gasteiger partial charge is 0.485 e. The molecule has 0 atom stereocenters. The molecule has 0 aliphatic heterocycles. The van der Waals surface area contributed by atoms with Crippen molar-refractivity contribution >= 4 is 22.6 Å². The maximum Gasteiger partial charge on any atom is 0.146 e. The first-order valence-corrected chi connectivity index (χ1v) is 8.54. The average Bonchev–Trinajstić information content (AvgIpc) is 3.04. The van der Waals surface area contributed by atoms with Crippen LogP contribution in [0.4, 0.5) is 0 Å². The second kappa shape index (κ2) is 6.99. The molecule has 0 aliphatic carbocycles. The maximum absolute atomic E-state index is 6.03. The van der Waals surface area contributed by atoms with Gasteiger partial charge in [0, 0.05) is 11.4 Å². The molecule has 3 aromatic carbocycles. The van der Waals surface area contributed by atoms with Crippen LogP contribution in [0.15, 0.2) is 72.8 Å². The zero-order chi connectivity index (χ0) is 17.1. The van der Waals surface area contributed by atoms with Crippen molar-refractivity contribution < 1.29 is 4.74 Å². The van der Waals surface area contributed by atoms with Crippen molar-refractivity contribution in [1.82, 2.24) is 9.97 Å². The fraction of sp³-hybridized carbons (Fsp3) is 0.0952. The summed E-state index contributed by atoms with van der Waals surface area (Å²) in [6, 6.07) is 24.1. The van der Waals surface area contributed by atoms with Crippen molar-refractivity contribution in [2.75, 3.05) is 0 Å². The highest BCUT2D eigenvalue weighted by atomic mass is 35.5. The number of rotatable bonds is 5. The Bertz CT molecular complexity index is 995. The first kappa shape index (κ1) is 15.7.